The Hall–Kier alpha value is -2.14. The minimum atomic E-state index is -0.859. The summed E-state index contributed by atoms with van der Waals surface area (Å²) in [5.74, 6) is 0.704. The molecule has 7 heteroatoms. The smallest absolute Gasteiger partial charge is 0.227 e. The highest BCUT2D eigenvalue weighted by atomic mass is 31.0. The van der Waals surface area contributed by atoms with E-state index in [4.69, 9.17) is 9.40 Å². The summed E-state index contributed by atoms with van der Waals surface area (Å²) in [7, 11) is 2.62. The van der Waals surface area contributed by atoms with E-state index < -0.39 is 6.17 Å². The number of alkyl halides is 1. The predicted molar refractivity (Wildman–Crippen MR) is 143 cm³/mol. The first-order chi connectivity index (χ1) is 16.7. The predicted octanol–water partition coefficient (Wildman–Crippen LogP) is 5.83. The topological polar surface area (TPSA) is 50.1 Å². The molecule has 1 aliphatic rings. The molecule has 3 aromatic rings. The molecule has 1 fully saturated rings. The largest absolute Gasteiger partial charge is 0.440 e. The molecule has 0 aliphatic carbocycles. The van der Waals surface area contributed by atoms with Gasteiger partial charge in [-0.15, -0.1) is 9.24 Å². The van der Waals surface area contributed by atoms with Crippen molar-refractivity contribution in [2.45, 2.75) is 53.3 Å². The van der Waals surface area contributed by atoms with Crippen molar-refractivity contribution in [2.24, 2.45) is 11.3 Å². The van der Waals surface area contributed by atoms with Crippen LogP contribution >= 0.6 is 9.24 Å². The highest BCUT2D eigenvalue weighted by molar-refractivity contribution is 7.27. The Morgan fingerprint density at radius 1 is 1.14 bits per heavy atom. The Bertz CT molecular complexity index is 1080. The molecule has 0 spiro atoms. The molecule has 0 amide bonds. The molecule has 190 valence electrons. The van der Waals surface area contributed by atoms with E-state index in [2.05, 4.69) is 40.6 Å². The fourth-order valence-corrected chi connectivity index (χ4v) is 4.61. The lowest BCUT2D eigenvalue weighted by molar-refractivity contribution is 0.224. The van der Waals surface area contributed by atoms with Crippen molar-refractivity contribution in [3.63, 3.8) is 0 Å². The Balaban J connectivity index is 0.00000167. The summed E-state index contributed by atoms with van der Waals surface area (Å²) in [6.45, 7) is 12.0. The quantitative estimate of drug-likeness (QED) is 0.400. The van der Waals surface area contributed by atoms with Gasteiger partial charge in [0, 0.05) is 37.5 Å². The van der Waals surface area contributed by atoms with Crippen LogP contribution < -0.4 is 15.9 Å². The fourth-order valence-electron chi connectivity index (χ4n) is 4.31. The standard InChI is InChI=1S/C26H32F2N3OP.C2H6/c1-26(2,3)24(30-14-17-13-29-15-20(17)28)23-21(11-16-7-5-4-6-8-16)32-25(31-23)19-12-18(27)9-10-22(19)33;1-2/h4-10,12,17,20,24,29-30H,11,13-15,33H2,1-3H3;1-2H3. The minimum absolute atomic E-state index is 0.0827. The number of oxazole rings is 1. The average molecular weight is 502 g/mol. The van der Waals surface area contributed by atoms with Crippen LogP contribution in [0.3, 0.4) is 0 Å². The molecule has 2 aromatic carbocycles. The normalized spacial score (nSPS) is 18.7. The number of benzene rings is 2. The number of nitrogens with one attached hydrogen (secondary N) is 2. The van der Waals surface area contributed by atoms with Crippen molar-refractivity contribution >= 4 is 14.5 Å². The van der Waals surface area contributed by atoms with Crippen LogP contribution in [0.2, 0.25) is 0 Å². The summed E-state index contributed by atoms with van der Waals surface area (Å²) in [5.41, 5.74) is 2.29. The molecular weight excluding hydrogens is 463 g/mol. The fraction of sp³-hybridized carbons (Fsp3) is 0.464. The summed E-state index contributed by atoms with van der Waals surface area (Å²) in [6.07, 6.45) is -0.294. The number of aromatic nitrogens is 1. The summed E-state index contributed by atoms with van der Waals surface area (Å²) < 4.78 is 34.6. The van der Waals surface area contributed by atoms with Gasteiger partial charge in [0.2, 0.25) is 5.89 Å². The van der Waals surface area contributed by atoms with Crippen molar-refractivity contribution in [3.05, 3.63) is 71.4 Å². The number of hydrogen-bond acceptors (Lipinski definition) is 4. The maximum Gasteiger partial charge on any atom is 0.227 e. The number of halogens is 2. The van der Waals surface area contributed by atoms with E-state index in [9.17, 15) is 8.78 Å². The third-order valence-corrected chi connectivity index (χ3v) is 6.67. The minimum Gasteiger partial charge on any atom is -0.440 e. The molecule has 4 unspecified atom stereocenters. The Kier molecular flexibility index (Phi) is 9.57. The zero-order valence-corrected chi connectivity index (χ0v) is 22.5. The van der Waals surface area contributed by atoms with E-state index in [-0.39, 0.29) is 23.2 Å². The number of rotatable bonds is 7. The highest BCUT2D eigenvalue weighted by Gasteiger charge is 2.34. The van der Waals surface area contributed by atoms with Crippen LogP contribution in [-0.4, -0.2) is 30.8 Å². The van der Waals surface area contributed by atoms with Crippen molar-refractivity contribution in [3.8, 4) is 11.5 Å². The first-order valence-corrected chi connectivity index (χ1v) is 13.0. The van der Waals surface area contributed by atoms with Gasteiger partial charge in [-0.3, -0.25) is 0 Å². The van der Waals surface area contributed by atoms with Gasteiger partial charge < -0.3 is 15.1 Å². The molecule has 1 aliphatic heterocycles. The summed E-state index contributed by atoms with van der Waals surface area (Å²) >= 11 is 0. The second kappa shape index (κ2) is 12.2. The summed E-state index contributed by atoms with van der Waals surface area (Å²) in [6, 6.07) is 14.5. The maximum atomic E-state index is 14.2. The van der Waals surface area contributed by atoms with Gasteiger partial charge in [-0.2, -0.15) is 0 Å². The van der Waals surface area contributed by atoms with Crippen LogP contribution in [0.15, 0.2) is 52.9 Å². The van der Waals surface area contributed by atoms with E-state index in [1.807, 2.05) is 44.2 Å². The van der Waals surface area contributed by atoms with Gasteiger partial charge >= 0.3 is 0 Å². The van der Waals surface area contributed by atoms with Crippen molar-refractivity contribution < 1.29 is 13.2 Å². The van der Waals surface area contributed by atoms with Gasteiger partial charge in [0.05, 0.1) is 6.04 Å². The highest BCUT2D eigenvalue weighted by Crippen LogP contribution is 2.37. The van der Waals surface area contributed by atoms with Crippen molar-refractivity contribution in [1.29, 1.82) is 0 Å². The van der Waals surface area contributed by atoms with E-state index in [0.29, 0.717) is 37.5 Å². The number of nitrogens with zero attached hydrogens (tertiary/aromatic N) is 1. The van der Waals surface area contributed by atoms with E-state index in [1.54, 1.807) is 6.07 Å². The van der Waals surface area contributed by atoms with Crippen LogP contribution in [0, 0.1) is 17.2 Å². The van der Waals surface area contributed by atoms with Crippen LogP contribution in [-0.2, 0) is 6.42 Å². The lowest BCUT2D eigenvalue weighted by atomic mass is 9.83. The molecule has 35 heavy (non-hydrogen) atoms. The Labute approximate surface area is 210 Å². The lowest BCUT2D eigenvalue weighted by Crippen LogP contribution is -2.38. The first-order valence-electron chi connectivity index (χ1n) is 12.4. The van der Waals surface area contributed by atoms with Crippen LogP contribution in [0.5, 0.6) is 0 Å². The molecule has 2 heterocycles. The summed E-state index contributed by atoms with van der Waals surface area (Å²) in [5, 5.41) is 7.52. The van der Waals surface area contributed by atoms with Crippen molar-refractivity contribution in [1.82, 2.24) is 15.6 Å². The molecule has 1 aromatic heterocycles. The van der Waals surface area contributed by atoms with Crippen LogP contribution in [0.25, 0.3) is 11.5 Å². The van der Waals surface area contributed by atoms with Gasteiger partial charge in [-0.05, 0) is 28.4 Å². The molecule has 1 saturated heterocycles. The molecule has 4 atom stereocenters. The summed E-state index contributed by atoms with van der Waals surface area (Å²) in [4.78, 5) is 4.89. The molecule has 0 saturated carbocycles. The molecule has 0 radical (unpaired) electrons. The number of hydrogen-bond donors (Lipinski definition) is 2. The van der Waals surface area contributed by atoms with Gasteiger partial charge in [0.25, 0.3) is 0 Å². The van der Waals surface area contributed by atoms with E-state index >= 15 is 0 Å². The SMILES string of the molecule is CC.CC(C)(C)C(NCC1CNCC1F)c1nc(-c2cc(F)ccc2P)oc1Cc1ccccc1. The van der Waals surface area contributed by atoms with E-state index in [0.717, 1.165) is 22.3 Å². The Morgan fingerprint density at radius 2 is 1.86 bits per heavy atom. The zero-order chi connectivity index (χ0) is 25.6. The third kappa shape index (κ3) is 6.97. The van der Waals surface area contributed by atoms with Gasteiger partial charge in [0.15, 0.2) is 0 Å². The van der Waals surface area contributed by atoms with Gasteiger partial charge in [-0.1, -0.05) is 71.0 Å². The third-order valence-electron chi connectivity index (χ3n) is 6.16. The monoisotopic (exact) mass is 501 g/mol. The average Bonchev–Trinajstić information content (AvgIpc) is 3.43. The second-order valence-electron chi connectivity index (χ2n) is 9.86. The van der Waals surface area contributed by atoms with Gasteiger partial charge in [0.1, 0.15) is 23.4 Å². The van der Waals surface area contributed by atoms with Crippen molar-refractivity contribution in [2.75, 3.05) is 19.6 Å². The van der Waals surface area contributed by atoms with E-state index in [1.165, 1.54) is 12.1 Å². The molecule has 4 rings (SSSR count). The molecule has 0 bridgehead atoms. The Morgan fingerprint density at radius 3 is 2.49 bits per heavy atom. The van der Waals surface area contributed by atoms with Crippen LogP contribution in [0.4, 0.5) is 8.78 Å². The van der Waals surface area contributed by atoms with Crippen LogP contribution in [0.1, 0.15) is 57.7 Å². The first kappa shape index (κ1) is 27.4. The van der Waals surface area contributed by atoms with Gasteiger partial charge in [-0.25, -0.2) is 13.8 Å². The molecular formula is C28H38F2N3OP. The lowest BCUT2D eigenvalue weighted by Gasteiger charge is -2.32. The maximum absolute atomic E-state index is 14.2. The molecule has 2 N–H and O–H groups in total. The molecule has 4 nitrogen and oxygen atoms in total. The zero-order valence-electron chi connectivity index (χ0n) is 21.4. The second-order valence-corrected chi connectivity index (χ2v) is 10.5.